The molecule has 0 spiro atoms. The summed E-state index contributed by atoms with van der Waals surface area (Å²) in [5.74, 6) is 1.89. The molecule has 2 heterocycles. The van der Waals surface area contributed by atoms with Gasteiger partial charge in [-0.1, -0.05) is 0 Å². The van der Waals surface area contributed by atoms with Crippen LogP contribution < -0.4 is 10.6 Å². The van der Waals surface area contributed by atoms with Gasteiger partial charge in [0.2, 0.25) is 11.9 Å². The Morgan fingerprint density at radius 2 is 2.06 bits per heavy atom. The number of rotatable bonds is 4. The first-order chi connectivity index (χ1) is 8.08. The summed E-state index contributed by atoms with van der Waals surface area (Å²) in [6.45, 7) is 2.68. The summed E-state index contributed by atoms with van der Waals surface area (Å²) in [7, 11) is 3.73. The summed E-state index contributed by atoms with van der Waals surface area (Å²) in [6.07, 6.45) is 0. The number of nitrogens with two attached hydrogens (primary N) is 1. The van der Waals surface area contributed by atoms with Crippen molar-refractivity contribution in [3.8, 4) is 0 Å². The smallest absolute Gasteiger partial charge is 0.229 e. The second kappa shape index (κ2) is 4.80. The molecular weight excluding hydrogens is 220 g/mol. The van der Waals surface area contributed by atoms with E-state index in [1.165, 1.54) is 0 Å². The van der Waals surface area contributed by atoms with E-state index in [0.29, 0.717) is 24.2 Å². The molecule has 1 fully saturated rings. The Morgan fingerprint density at radius 3 is 2.65 bits per heavy atom. The second-order valence-corrected chi connectivity index (χ2v) is 4.55. The van der Waals surface area contributed by atoms with Gasteiger partial charge in [0.1, 0.15) is 5.82 Å². The number of hydrogen-bond acceptors (Lipinski definition) is 7. The van der Waals surface area contributed by atoms with Gasteiger partial charge in [-0.3, -0.25) is 4.90 Å². The van der Waals surface area contributed by atoms with Gasteiger partial charge in [-0.2, -0.15) is 15.0 Å². The van der Waals surface area contributed by atoms with Crippen LogP contribution in [0.25, 0.3) is 0 Å². The van der Waals surface area contributed by atoms with E-state index in [2.05, 4.69) is 19.9 Å². The van der Waals surface area contributed by atoms with Crippen LogP contribution in [-0.2, 0) is 6.54 Å². The lowest BCUT2D eigenvalue weighted by Gasteiger charge is -2.37. The van der Waals surface area contributed by atoms with E-state index in [1.807, 2.05) is 14.1 Å². The lowest BCUT2D eigenvalue weighted by atomic mass is 10.0. The van der Waals surface area contributed by atoms with Crippen LogP contribution in [0.4, 0.5) is 11.9 Å². The maximum Gasteiger partial charge on any atom is 0.229 e. The highest BCUT2D eigenvalue weighted by molar-refractivity contribution is 5.32. The Morgan fingerprint density at radius 1 is 1.35 bits per heavy atom. The fourth-order valence-electron chi connectivity index (χ4n) is 1.82. The van der Waals surface area contributed by atoms with Gasteiger partial charge in [0.15, 0.2) is 0 Å². The minimum atomic E-state index is 0.248. The van der Waals surface area contributed by atoms with Crippen LogP contribution >= 0.6 is 0 Å². The maximum atomic E-state index is 8.94. The third-order valence-corrected chi connectivity index (χ3v) is 2.74. The highest BCUT2D eigenvalue weighted by Gasteiger charge is 2.26. The van der Waals surface area contributed by atoms with Crippen LogP contribution in [0, 0.1) is 5.92 Å². The topological polar surface area (TPSA) is 91.4 Å². The molecule has 17 heavy (non-hydrogen) atoms. The lowest BCUT2D eigenvalue weighted by Crippen LogP contribution is -2.47. The largest absolute Gasteiger partial charge is 0.396 e. The van der Waals surface area contributed by atoms with Crippen molar-refractivity contribution in [1.29, 1.82) is 0 Å². The Hall–Kier alpha value is -1.47. The first kappa shape index (κ1) is 12.0. The van der Waals surface area contributed by atoms with Crippen molar-refractivity contribution in [3.63, 3.8) is 0 Å². The summed E-state index contributed by atoms with van der Waals surface area (Å²) < 4.78 is 0. The summed E-state index contributed by atoms with van der Waals surface area (Å²) >= 11 is 0. The summed E-state index contributed by atoms with van der Waals surface area (Å²) in [5, 5.41) is 8.94. The molecule has 7 heteroatoms. The zero-order chi connectivity index (χ0) is 12.4. The molecule has 0 saturated carbocycles. The fraction of sp³-hybridized carbons (Fsp3) is 0.700. The SMILES string of the molecule is CN(C)c1nc(N)nc(CN2CC(CO)C2)n1. The lowest BCUT2D eigenvalue weighted by molar-refractivity contribution is 0.0460. The van der Waals surface area contributed by atoms with Gasteiger partial charge in [-0.25, -0.2) is 0 Å². The number of likely N-dealkylation sites (tertiary alicyclic amines) is 1. The number of aromatic nitrogens is 3. The first-order valence-electron chi connectivity index (χ1n) is 5.59. The van der Waals surface area contributed by atoms with Crippen LogP contribution in [-0.4, -0.2) is 58.8 Å². The Balaban J connectivity index is 2.01. The molecule has 0 aliphatic carbocycles. The zero-order valence-corrected chi connectivity index (χ0v) is 10.2. The molecule has 7 nitrogen and oxygen atoms in total. The van der Waals surface area contributed by atoms with Crippen molar-refractivity contribution in [3.05, 3.63) is 5.82 Å². The average Bonchev–Trinajstić information content (AvgIpc) is 2.21. The highest BCUT2D eigenvalue weighted by atomic mass is 16.3. The molecule has 2 rings (SSSR count). The van der Waals surface area contributed by atoms with E-state index in [4.69, 9.17) is 10.8 Å². The van der Waals surface area contributed by atoms with Crippen molar-refractivity contribution >= 4 is 11.9 Å². The molecule has 1 aliphatic rings. The fourth-order valence-corrected chi connectivity index (χ4v) is 1.82. The molecule has 94 valence electrons. The molecule has 0 unspecified atom stereocenters. The van der Waals surface area contributed by atoms with Crippen molar-refractivity contribution < 1.29 is 5.11 Å². The van der Waals surface area contributed by atoms with E-state index in [9.17, 15) is 0 Å². The van der Waals surface area contributed by atoms with Crippen molar-refractivity contribution in [2.75, 3.05) is 44.4 Å². The predicted octanol–water partition coefficient (Wildman–Crippen LogP) is -1.06. The second-order valence-electron chi connectivity index (χ2n) is 4.55. The van der Waals surface area contributed by atoms with Crippen molar-refractivity contribution in [2.24, 2.45) is 5.92 Å². The molecule has 1 aliphatic heterocycles. The van der Waals surface area contributed by atoms with Crippen molar-refractivity contribution in [1.82, 2.24) is 19.9 Å². The Labute approximate surface area is 100 Å². The first-order valence-corrected chi connectivity index (χ1v) is 5.59. The quantitative estimate of drug-likeness (QED) is 0.691. The number of anilines is 2. The summed E-state index contributed by atoms with van der Waals surface area (Å²) in [5.41, 5.74) is 5.64. The molecule has 0 atom stereocenters. The summed E-state index contributed by atoms with van der Waals surface area (Å²) in [4.78, 5) is 16.5. The van der Waals surface area contributed by atoms with E-state index in [1.54, 1.807) is 4.90 Å². The molecule has 0 aromatic carbocycles. The monoisotopic (exact) mass is 238 g/mol. The molecule has 3 N–H and O–H groups in total. The molecule has 1 saturated heterocycles. The summed E-state index contributed by atoms with van der Waals surface area (Å²) in [6, 6.07) is 0. The molecule has 0 amide bonds. The number of nitrogens with zero attached hydrogens (tertiary/aromatic N) is 5. The predicted molar refractivity (Wildman–Crippen MR) is 64.4 cm³/mol. The van der Waals surface area contributed by atoms with Crippen molar-refractivity contribution in [2.45, 2.75) is 6.54 Å². The zero-order valence-electron chi connectivity index (χ0n) is 10.2. The van der Waals surface area contributed by atoms with Gasteiger partial charge in [0.25, 0.3) is 0 Å². The van der Waals surface area contributed by atoms with Gasteiger partial charge < -0.3 is 15.7 Å². The molecule has 0 radical (unpaired) electrons. The van der Waals surface area contributed by atoms with E-state index in [-0.39, 0.29) is 12.6 Å². The van der Waals surface area contributed by atoms with Gasteiger partial charge in [0, 0.05) is 39.7 Å². The Kier molecular flexibility index (Phi) is 3.39. The van der Waals surface area contributed by atoms with Crippen LogP contribution in [0.2, 0.25) is 0 Å². The van der Waals surface area contributed by atoms with Gasteiger partial charge in [-0.05, 0) is 0 Å². The van der Waals surface area contributed by atoms with E-state index < -0.39 is 0 Å². The average molecular weight is 238 g/mol. The minimum Gasteiger partial charge on any atom is -0.396 e. The standard InChI is InChI=1S/C10H18N6O/c1-15(2)10-13-8(12-9(11)14-10)5-16-3-7(4-16)6-17/h7,17H,3-6H2,1-2H3,(H2,11,12,13,14). The van der Waals surface area contributed by atoms with Crippen LogP contribution in [0.1, 0.15) is 5.82 Å². The minimum absolute atomic E-state index is 0.248. The Bertz CT molecular complexity index is 390. The third-order valence-electron chi connectivity index (χ3n) is 2.74. The highest BCUT2D eigenvalue weighted by Crippen LogP contribution is 2.17. The number of aliphatic hydroxyl groups is 1. The van der Waals surface area contributed by atoms with Crippen LogP contribution in [0.5, 0.6) is 0 Å². The number of nitrogen functional groups attached to an aromatic ring is 1. The van der Waals surface area contributed by atoms with Gasteiger partial charge in [-0.15, -0.1) is 0 Å². The van der Waals surface area contributed by atoms with Gasteiger partial charge in [0.05, 0.1) is 6.54 Å². The van der Waals surface area contributed by atoms with E-state index in [0.717, 1.165) is 13.1 Å². The molecular formula is C10H18N6O. The maximum absolute atomic E-state index is 8.94. The number of aliphatic hydroxyl groups excluding tert-OH is 1. The normalized spacial score (nSPS) is 16.9. The molecule has 0 bridgehead atoms. The molecule has 1 aromatic rings. The van der Waals surface area contributed by atoms with Crippen LogP contribution in [0.15, 0.2) is 0 Å². The van der Waals surface area contributed by atoms with Crippen LogP contribution in [0.3, 0.4) is 0 Å². The van der Waals surface area contributed by atoms with E-state index >= 15 is 0 Å². The van der Waals surface area contributed by atoms with Gasteiger partial charge >= 0.3 is 0 Å². The third kappa shape index (κ3) is 2.80. The number of hydrogen-bond donors (Lipinski definition) is 2. The molecule has 1 aromatic heterocycles.